The second-order valence-electron chi connectivity index (χ2n) is 0.316. The number of hydrogen-bond acceptors (Lipinski definition) is 2. The minimum Gasteiger partial charge on any atom is -0.397 e. The molecule has 5 heavy (non-hydrogen) atoms. The Labute approximate surface area is 44.3 Å². The molecule has 0 fully saturated rings. The van der Waals surface area contributed by atoms with E-state index < -0.39 is 0 Å². The van der Waals surface area contributed by atoms with Gasteiger partial charge in [-0.1, -0.05) is 0 Å². The number of aliphatic hydroxyl groups excluding tert-OH is 1. The van der Waals surface area contributed by atoms with Gasteiger partial charge in [-0.05, 0) is 6.92 Å². The van der Waals surface area contributed by atoms with Crippen LogP contribution in [0, 0.1) is 0 Å². The van der Waals surface area contributed by atoms with Gasteiger partial charge in [-0.25, -0.2) is 0 Å². The van der Waals surface area contributed by atoms with Crippen molar-refractivity contribution in [3.63, 3.8) is 0 Å². The molecule has 0 heterocycles. The van der Waals surface area contributed by atoms with Crippen molar-refractivity contribution < 1.29 is 5.11 Å². The van der Waals surface area contributed by atoms with Crippen LogP contribution in [0.3, 0.4) is 0 Å². The molecule has 0 aliphatic rings. The van der Waals surface area contributed by atoms with Gasteiger partial charge in [0.1, 0.15) is 0 Å². The topological polar surface area (TPSA) is 55.2 Å². The molecule has 0 aromatic heterocycles. The Balaban J connectivity index is -0.0000000200. The van der Waals surface area contributed by atoms with Crippen molar-refractivity contribution >= 4 is 18.9 Å². The first-order valence-corrected chi connectivity index (χ1v) is 1.02. The SMILES string of the molecule is CCO.N.[Li]. The van der Waals surface area contributed by atoms with E-state index in [0.717, 1.165) is 0 Å². The Morgan fingerprint density at radius 1 is 1.60 bits per heavy atom. The third kappa shape index (κ3) is 107. The Bertz CT molecular complexity index is 9.61. The van der Waals surface area contributed by atoms with Crippen LogP contribution in [-0.4, -0.2) is 30.6 Å². The summed E-state index contributed by atoms with van der Waals surface area (Å²) in [6.07, 6.45) is 0. The number of rotatable bonds is 0. The summed E-state index contributed by atoms with van der Waals surface area (Å²) in [6, 6.07) is 0. The molecule has 4 N–H and O–H groups in total. The fourth-order valence-electron chi connectivity index (χ4n) is 0. The monoisotopic (exact) mass is 70.1 g/mol. The van der Waals surface area contributed by atoms with E-state index in [4.69, 9.17) is 5.11 Å². The maximum absolute atomic E-state index is 7.57. The maximum atomic E-state index is 7.57. The zero-order chi connectivity index (χ0) is 2.71. The van der Waals surface area contributed by atoms with Gasteiger partial charge in [0.15, 0.2) is 0 Å². The molecule has 3 heteroatoms. The van der Waals surface area contributed by atoms with Crippen LogP contribution in [0.15, 0.2) is 0 Å². The summed E-state index contributed by atoms with van der Waals surface area (Å²) in [6.45, 7) is 1.93. The van der Waals surface area contributed by atoms with Gasteiger partial charge < -0.3 is 11.3 Å². The Hall–Kier alpha value is 0.517. The summed E-state index contributed by atoms with van der Waals surface area (Å²) in [5, 5.41) is 7.57. The molecule has 2 nitrogen and oxygen atoms in total. The van der Waals surface area contributed by atoms with Gasteiger partial charge in [0.05, 0.1) is 0 Å². The molecule has 1 radical (unpaired) electrons. The van der Waals surface area contributed by atoms with Gasteiger partial charge in [-0.3, -0.25) is 0 Å². The molecular formula is C2H9LiNO. The third-order valence-corrected chi connectivity index (χ3v) is 0. The molecule has 0 saturated carbocycles. The van der Waals surface area contributed by atoms with E-state index in [1.165, 1.54) is 0 Å². The summed E-state index contributed by atoms with van der Waals surface area (Å²) in [5.74, 6) is 0. The molecule has 0 bridgehead atoms. The minimum atomic E-state index is 0. The van der Waals surface area contributed by atoms with Crippen LogP contribution in [-0.2, 0) is 0 Å². The van der Waals surface area contributed by atoms with E-state index in [2.05, 4.69) is 0 Å². The number of aliphatic hydroxyl groups is 1. The van der Waals surface area contributed by atoms with Gasteiger partial charge in [0.25, 0.3) is 0 Å². The Morgan fingerprint density at radius 2 is 1.60 bits per heavy atom. The van der Waals surface area contributed by atoms with Gasteiger partial charge in [-0.15, -0.1) is 0 Å². The van der Waals surface area contributed by atoms with Crippen molar-refractivity contribution in [2.45, 2.75) is 6.92 Å². The molecule has 0 saturated heterocycles. The predicted octanol–water partition coefficient (Wildman–Crippen LogP) is -0.220. The third-order valence-electron chi connectivity index (χ3n) is 0. The van der Waals surface area contributed by atoms with Gasteiger partial charge >= 0.3 is 0 Å². The molecule has 0 aliphatic heterocycles. The first-order valence-electron chi connectivity index (χ1n) is 1.02. The first kappa shape index (κ1) is 17.8. The van der Waals surface area contributed by atoms with Crippen molar-refractivity contribution in [3.05, 3.63) is 0 Å². The Morgan fingerprint density at radius 3 is 1.60 bits per heavy atom. The van der Waals surface area contributed by atoms with Crippen LogP contribution in [0.1, 0.15) is 6.92 Å². The second kappa shape index (κ2) is 24.3. The standard InChI is InChI=1S/C2H6O.Li.H3N/c1-2-3;;/h3H,2H2,1H3;;1H3. The van der Waals surface area contributed by atoms with Crippen molar-refractivity contribution in [2.75, 3.05) is 6.61 Å². The molecule has 0 rings (SSSR count). The van der Waals surface area contributed by atoms with Crippen molar-refractivity contribution in [1.82, 2.24) is 6.15 Å². The largest absolute Gasteiger partial charge is 0.397 e. The normalized spacial score (nSPS) is 3.60. The molecule has 0 aromatic carbocycles. The fourth-order valence-corrected chi connectivity index (χ4v) is 0. The van der Waals surface area contributed by atoms with Crippen LogP contribution >= 0.6 is 0 Å². The zero-order valence-electron chi connectivity index (χ0n) is 3.86. The van der Waals surface area contributed by atoms with E-state index in [-0.39, 0.29) is 31.6 Å². The van der Waals surface area contributed by atoms with Crippen molar-refractivity contribution in [2.24, 2.45) is 0 Å². The van der Waals surface area contributed by atoms with Gasteiger partial charge in [0, 0.05) is 25.5 Å². The van der Waals surface area contributed by atoms with Crippen LogP contribution in [0.2, 0.25) is 0 Å². The second-order valence-corrected chi connectivity index (χ2v) is 0.316. The zero-order valence-corrected chi connectivity index (χ0v) is 3.86. The minimum absolute atomic E-state index is 0. The summed E-state index contributed by atoms with van der Waals surface area (Å²) in [5.41, 5.74) is 0. The summed E-state index contributed by atoms with van der Waals surface area (Å²) in [4.78, 5) is 0. The van der Waals surface area contributed by atoms with Crippen LogP contribution < -0.4 is 6.15 Å². The molecule has 29 valence electrons. The van der Waals surface area contributed by atoms with Crippen LogP contribution in [0.25, 0.3) is 0 Å². The fraction of sp³-hybridized carbons (Fsp3) is 1.00. The molecule has 0 spiro atoms. The maximum Gasteiger partial charge on any atom is 0.0402 e. The van der Waals surface area contributed by atoms with E-state index in [1.807, 2.05) is 0 Å². The van der Waals surface area contributed by atoms with E-state index >= 15 is 0 Å². The van der Waals surface area contributed by atoms with Gasteiger partial charge in [-0.2, -0.15) is 0 Å². The van der Waals surface area contributed by atoms with E-state index in [9.17, 15) is 0 Å². The molecular weight excluding hydrogens is 61.0 g/mol. The molecule has 0 unspecified atom stereocenters. The predicted molar refractivity (Wildman–Crippen MR) is 23.5 cm³/mol. The molecule has 0 atom stereocenters. The van der Waals surface area contributed by atoms with Crippen molar-refractivity contribution in [3.8, 4) is 0 Å². The van der Waals surface area contributed by atoms with Crippen molar-refractivity contribution in [1.29, 1.82) is 0 Å². The smallest absolute Gasteiger partial charge is 0.0402 e. The first-order chi connectivity index (χ1) is 1.41. The summed E-state index contributed by atoms with van der Waals surface area (Å²) >= 11 is 0. The molecule has 0 aromatic rings. The van der Waals surface area contributed by atoms with E-state index in [0.29, 0.717) is 0 Å². The molecule has 0 aliphatic carbocycles. The summed E-state index contributed by atoms with van der Waals surface area (Å²) in [7, 11) is 0. The van der Waals surface area contributed by atoms with Crippen LogP contribution in [0.4, 0.5) is 0 Å². The quantitative estimate of drug-likeness (QED) is 0.387. The van der Waals surface area contributed by atoms with E-state index in [1.54, 1.807) is 6.92 Å². The number of hydrogen-bond donors (Lipinski definition) is 2. The Kier molecular flexibility index (Phi) is 86.3. The average molecular weight is 70.0 g/mol. The van der Waals surface area contributed by atoms with Gasteiger partial charge in [0.2, 0.25) is 0 Å². The average Bonchev–Trinajstić information content (AvgIpc) is 0.918. The molecule has 0 amide bonds. The van der Waals surface area contributed by atoms with Crippen LogP contribution in [0.5, 0.6) is 0 Å². The summed E-state index contributed by atoms with van der Waals surface area (Å²) < 4.78 is 0.